The number of aromatic nitrogens is 1. The lowest BCUT2D eigenvalue weighted by Crippen LogP contribution is -2.47. The van der Waals surface area contributed by atoms with Crippen LogP contribution in [0.3, 0.4) is 0 Å². The normalized spacial score (nSPS) is 17.1. The number of carbonyl (C=O) groups excluding carboxylic acids is 2. The van der Waals surface area contributed by atoms with Crippen LogP contribution in [0.25, 0.3) is 5.69 Å². The second-order valence-electron chi connectivity index (χ2n) is 8.12. The lowest BCUT2D eigenvalue weighted by atomic mass is 9.97. The first kappa shape index (κ1) is 19.9. The van der Waals surface area contributed by atoms with Crippen molar-refractivity contribution in [2.24, 2.45) is 0 Å². The highest BCUT2D eigenvalue weighted by Crippen LogP contribution is 2.43. The average Bonchev–Trinajstić information content (AvgIpc) is 3.51. The maximum atomic E-state index is 13.8. The Morgan fingerprint density at radius 1 is 1.03 bits per heavy atom. The Morgan fingerprint density at radius 3 is 2.52 bits per heavy atom. The molecule has 2 aromatic carbocycles. The van der Waals surface area contributed by atoms with Gasteiger partial charge in [0.2, 0.25) is 11.8 Å². The molecular formula is C25H24ClN3O2. The van der Waals surface area contributed by atoms with Gasteiger partial charge in [0.05, 0.1) is 17.1 Å². The highest BCUT2D eigenvalue weighted by atomic mass is 35.5. The number of fused-ring (bicyclic) bond motifs is 3. The van der Waals surface area contributed by atoms with E-state index in [0.29, 0.717) is 11.4 Å². The molecule has 0 spiro atoms. The summed E-state index contributed by atoms with van der Waals surface area (Å²) in [5.41, 5.74) is 3.72. The van der Waals surface area contributed by atoms with Gasteiger partial charge in [0.15, 0.2) is 0 Å². The summed E-state index contributed by atoms with van der Waals surface area (Å²) in [6, 6.07) is 19.4. The molecule has 0 bridgehead atoms. The van der Waals surface area contributed by atoms with E-state index in [1.54, 1.807) is 4.90 Å². The van der Waals surface area contributed by atoms with Crippen LogP contribution in [0.5, 0.6) is 0 Å². The Kier molecular flexibility index (Phi) is 5.06. The fourth-order valence-electron chi connectivity index (χ4n) is 4.49. The molecule has 1 aromatic heterocycles. The second-order valence-corrected chi connectivity index (χ2v) is 8.56. The minimum Gasteiger partial charge on any atom is -0.330 e. The molecule has 0 N–H and O–H groups in total. The molecule has 1 aliphatic heterocycles. The van der Waals surface area contributed by atoms with Crippen molar-refractivity contribution >= 4 is 29.1 Å². The van der Waals surface area contributed by atoms with Gasteiger partial charge >= 0.3 is 0 Å². The molecule has 158 valence electrons. The Morgan fingerprint density at radius 2 is 1.81 bits per heavy atom. The molecule has 1 unspecified atom stereocenters. The van der Waals surface area contributed by atoms with E-state index in [4.69, 9.17) is 11.6 Å². The minimum atomic E-state index is -0.325. The van der Waals surface area contributed by atoms with Gasteiger partial charge < -0.3 is 9.47 Å². The van der Waals surface area contributed by atoms with E-state index >= 15 is 0 Å². The standard InChI is InChI=1S/C25H24ClN3O2/c1-2-23(30)28(19-12-13-19)16-24(31)29-21-10-4-3-9-20(21)27-14-6-11-22(27)25(29)17-7-5-8-18(26)15-17/h3-11,14-15,19,25H,2,12-13,16H2,1H3. The number of halogens is 1. The van der Waals surface area contributed by atoms with Gasteiger partial charge in [-0.2, -0.15) is 0 Å². The summed E-state index contributed by atoms with van der Waals surface area (Å²) in [6.45, 7) is 1.93. The lowest BCUT2D eigenvalue weighted by Gasteiger charge is -2.39. The lowest BCUT2D eigenvalue weighted by molar-refractivity contribution is -0.135. The quantitative estimate of drug-likeness (QED) is 0.570. The number of carbonyl (C=O) groups is 2. The number of hydrogen-bond donors (Lipinski definition) is 0. The highest BCUT2D eigenvalue weighted by Gasteiger charge is 2.39. The van der Waals surface area contributed by atoms with Gasteiger partial charge in [-0.3, -0.25) is 14.5 Å². The largest absolute Gasteiger partial charge is 0.330 e. The molecule has 31 heavy (non-hydrogen) atoms. The van der Waals surface area contributed by atoms with Crippen molar-refractivity contribution in [1.29, 1.82) is 0 Å². The smallest absolute Gasteiger partial charge is 0.247 e. The Balaban J connectivity index is 1.62. The molecule has 3 aromatic rings. The van der Waals surface area contributed by atoms with Crippen LogP contribution in [-0.4, -0.2) is 33.9 Å². The van der Waals surface area contributed by atoms with Gasteiger partial charge in [0.1, 0.15) is 12.6 Å². The zero-order valence-electron chi connectivity index (χ0n) is 17.4. The number of amides is 2. The number of hydrogen-bond acceptors (Lipinski definition) is 2. The molecule has 5 nitrogen and oxygen atoms in total. The van der Waals surface area contributed by atoms with E-state index < -0.39 is 0 Å². The third kappa shape index (κ3) is 3.53. The first-order chi connectivity index (χ1) is 15.1. The van der Waals surface area contributed by atoms with Gasteiger partial charge in [-0.05, 0) is 54.8 Å². The molecule has 2 amide bonds. The van der Waals surface area contributed by atoms with Crippen LogP contribution in [-0.2, 0) is 9.59 Å². The van der Waals surface area contributed by atoms with Crippen LogP contribution < -0.4 is 4.90 Å². The van der Waals surface area contributed by atoms with E-state index in [9.17, 15) is 9.59 Å². The molecule has 1 fully saturated rings. The van der Waals surface area contributed by atoms with Crippen LogP contribution in [0.1, 0.15) is 43.5 Å². The van der Waals surface area contributed by atoms with Crippen molar-refractivity contribution < 1.29 is 9.59 Å². The van der Waals surface area contributed by atoms with Gasteiger partial charge in [-0.1, -0.05) is 42.8 Å². The molecule has 6 heteroatoms. The first-order valence-electron chi connectivity index (χ1n) is 10.7. The summed E-state index contributed by atoms with van der Waals surface area (Å²) in [6.07, 6.45) is 4.36. The number of anilines is 1. The molecule has 2 heterocycles. The summed E-state index contributed by atoms with van der Waals surface area (Å²) in [5.74, 6) is -0.0533. The third-order valence-corrected chi connectivity index (χ3v) is 6.30. The van der Waals surface area contributed by atoms with Crippen molar-refractivity contribution in [2.75, 3.05) is 11.4 Å². The Hall–Kier alpha value is -3.05. The fourth-order valence-corrected chi connectivity index (χ4v) is 4.68. The number of para-hydroxylation sites is 2. The van der Waals surface area contributed by atoms with Crippen molar-refractivity contribution in [3.8, 4) is 5.69 Å². The number of nitrogens with zero attached hydrogens (tertiary/aromatic N) is 3. The summed E-state index contributed by atoms with van der Waals surface area (Å²) < 4.78 is 2.13. The van der Waals surface area contributed by atoms with Crippen LogP contribution in [0.4, 0.5) is 5.69 Å². The van der Waals surface area contributed by atoms with E-state index in [1.165, 1.54) is 0 Å². The fraction of sp³-hybridized carbons (Fsp3) is 0.280. The van der Waals surface area contributed by atoms with Crippen LogP contribution >= 0.6 is 11.6 Å². The van der Waals surface area contributed by atoms with E-state index in [-0.39, 0.29) is 30.4 Å². The number of benzene rings is 2. The van der Waals surface area contributed by atoms with Crippen LogP contribution in [0.15, 0.2) is 66.9 Å². The number of rotatable bonds is 5. The topological polar surface area (TPSA) is 45.6 Å². The molecular weight excluding hydrogens is 410 g/mol. The summed E-state index contributed by atoms with van der Waals surface area (Å²) in [4.78, 5) is 30.0. The molecule has 0 radical (unpaired) electrons. The van der Waals surface area contributed by atoms with Crippen molar-refractivity contribution in [2.45, 2.75) is 38.3 Å². The van der Waals surface area contributed by atoms with E-state index in [0.717, 1.165) is 35.5 Å². The first-order valence-corrected chi connectivity index (χ1v) is 11.1. The molecule has 2 aliphatic rings. The summed E-state index contributed by atoms with van der Waals surface area (Å²) >= 11 is 6.32. The van der Waals surface area contributed by atoms with Crippen molar-refractivity contribution in [1.82, 2.24) is 9.47 Å². The molecule has 1 aliphatic carbocycles. The van der Waals surface area contributed by atoms with E-state index in [1.807, 2.05) is 78.7 Å². The van der Waals surface area contributed by atoms with Gasteiger partial charge in [0.25, 0.3) is 0 Å². The highest BCUT2D eigenvalue weighted by molar-refractivity contribution is 6.30. The Bertz CT molecular complexity index is 1150. The minimum absolute atomic E-state index is 0.0313. The van der Waals surface area contributed by atoms with Crippen LogP contribution in [0, 0.1) is 0 Å². The van der Waals surface area contributed by atoms with Gasteiger partial charge in [-0.15, -0.1) is 0 Å². The van der Waals surface area contributed by atoms with Crippen molar-refractivity contribution in [3.05, 3.63) is 83.1 Å². The average molecular weight is 434 g/mol. The second kappa shape index (κ2) is 7.89. The van der Waals surface area contributed by atoms with E-state index in [2.05, 4.69) is 4.57 Å². The SMILES string of the molecule is CCC(=O)N(CC(=O)N1c2ccccc2-n2cccc2C1c1cccc(Cl)c1)C1CC1. The van der Waals surface area contributed by atoms with Crippen molar-refractivity contribution in [3.63, 3.8) is 0 Å². The zero-order valence-corrected chi connectivity index (χ0v) is 18.1. The predicted molar refractivity (Wildman–Crippen MR) is 122 cm³/mol. The predicted octanol–water partition coefficient (Wildman–Crippen LogP) is 4.97. The molecule has 5 rings (SSSR count). The molecule has 1 atom stereocenters. The monoisotopic (exact) mass is 433 g/mol. The zero-order chi connectivity index (χ0) is 21.5. The maximum absolute atomic E-state index is 13.8. The summed E-state index contributed by atoms with van der Waals surface area (Å²) in [5, 5.41) is 0.627. The molecule has 0 saturated heterocycles. The van der Waals surface area contributed by atoms with Gasteiger partial charge in [0, 0.05) is 23.7 Å². The van der Waals surface area contributed by atoms with Crippen LogP contribution in [0.2, 0.25) is 5.02 Å². The molecule has 1 saturated carbocycles. The Labute approximate surface area is 186 Å². The summed E-state index contributed by atoms with van der Waals surface area (Å²) in [7, 11) is 0. The maximum Gasteiger partial charge on any atom is 0.247 e. The van der Waals surface area contributed by atoms with Gasteiger partial charge in [-0.25, -0.2) is 0 Å². The third-order valence-electron chi connectivity index (χ3n) is 6.07.